The van der Waals surface area contributed by atoms with Crippen molar-refractivity contribution in [2.75, 3.05) is 0 Å². The Labute approximate surface area is 165 Å². The number of benzene rings is 3. The zero-order chi connectivity index (χ0) is 17.8. The summed E-state index contributed by atoms with van der Waals surface area (Å²) in [5, 5.41) is 0.686. The monoisotopic (exact) mass is 421 g/mol. The summed E-state index contributed by atoms with van der Waals surface area (Å²) in [5.41, 5.74) is 4.22. The molecule has 3 aromatic carbocycles. The van der Waals surface area contributed by atoms with Gasteiger partial charge in [-0.1, -0.05) is 100 Å². The normalized spacial score (nSPS) is 10.8. The minimum atomic E-state index is 0.686. The maximum atomic E-state index is 6.14. The van der Waals surface area contributed by atoms with Crippen LogP contribution < -0.4 is 0 Å². The Hall–Kier alpha value is -2.30. The summed E-state index contributed by atoms with van der Waals surface area (Å²) in [5.74, 6) is 1.63. The maximum Gasteiger partial charge on any atom is 0.257 e. The van der Waals surface area contributed by atoms with Gasteiger partial charge in [-0.15, -0.1) is 0 Å². The number of hydrogen-bond acceptors (Lipinski definition) is 3. The van der Waals surface area contributed by atoms with Crippen LogP contribution in [0.4, 0.5) is 0 Å². The molecule has 128 valence electrons. The Morgan fingerprint density at radius 1 is 0.769 bits per heavy atom. The van der Waals surface area contributed by atoms with Crippen LogP contribution in [0.1, 0.15) is 5.56 Å². The second-order valence-electron chi connectivity index (χ2n) is 5.80. The zero-order valence-electron chi connectivity index (χ0n) is 13.9. The van der Waals surface area contributed by atoms with Gasteiger partial charge in [0.2, 0.25) is 0 Å². The zero-order valence-corrected chi connectivity index (χ0v) is 16.3. The molecule has 1 heterocycles. The molecule has 4 rings (SSSR count). The lowest BCUT2D eigenvalue weighted by molar-refractivity contribution is 0.466. The highest BCUT2D eigenvalue weighted by Crippen LogP contribution is 2.36. The molecular formula is C22H16BrNOS. The Bertz CT molecular complexity index is 925. The molecule has 0 amide bonds. The lowest BCUT2D eigenvalue weighted by atomic mass is 10.1. The van der Waals surface area contributed by atoms with Gasteiger partial charge < -0.3 is 4.42 Å². The standard InChI is InChI=1S/C22H16BrNOS/c23-19-13-11-16(12-14-19)15-26-22-24-20(17-7-3-1-4-8-17)21(25-22)18-9-5-2-6-10-18/h1-14H,15H2. The fourth-order valence-electron chi connectivity index (χ4n) is 2.66. The van der Waals surface area contributed by atoms with E-state index in [-0.39, 0.29) is 0 Å². The average molecular weight is 422 g/mol. The fraction of sp³-hybridized carbons (Fsp3) is 0.0455. The highest BCUT2D eigenvalue weighted by Gasteiger charge is 2.17. The lowest BCUT2D eigenvalue weighted by Gasteiger charge is -2.00. The molecule has 4 aromatic rings. The number of oxazole rings is 1. The van der Waals surface area contributed by atoms with Crippen molar-refractivity contribution in [3.63, 3.8) is 0 Å². The third-order valence-corrected chi connectivity index (χ3v) is 5.39. The molecule has 0 saturated heterocycles. The summed E-state index contributed by atoms with van der Waals surface area (Å²) >= 11 is 5.08. The summed E-state index contributed by atoms with van der Waals surface area (Å²) in [7, 11) is 0. The van der Waals surface area contributed by atoms with Gasteiger partial charge in [-0.25, -0.2) is 4.98 Å². The van der Waals surface area contributed by atoms with Crippen LogP contribution in [0.2, 0.25) is 0 Å². The fourth-order valence-corrected chi connectivity index (χ4v) is 3.71. The third kappa shape index (κ3) is 3.92. The molecular weight excluding hydrogens is 406 g/mol. The van der Waals surface area contributed by atoms with E-state index in [4.69, 9.17) is 9.40 Å². The molecule has 0 aliphatic rings. The van der Waals surface area contributed by atoms with Crippen LogP contribution in [0.3, 0.4) is 0 Å². The Balaban J connectivity index is 1.66. The van der Waals surface area contributed by atoms with Crippen molar-refractivity contribution in [3.8, 4) is 22.6 Å². The summed E-state index contributed by atoms with van der Waals surface area (Å²) < 4.78 is 7.23. The minimum absolute atomic E-state index is 0.686. The van der Waals surface area contributed by atoms with E-state index in [0.717, 1.165) is 32.8 Å². The lowest BCUT2D eigenvalue weighted by Crippen LogP contribution is -1.82. The van der Waals surface area contributed by atoms with Crippen molar-refractivity contribution in [2.45, 2.75) is 11.0 Å². The Morgan fingerprint density at radius 2 is 1.38 bits per heavy atom. The van der Waals surface area contributed by atoms with E-state index in [1.165, 1.54) is 5.56 Å². The average Bonchev–Trinajstić information content (AvgIpc) is 3.13. The number of halogens is 1. The van der Waals surface area contributed by atoms with Gasteiger partial charge >= 0.3 is 0 Å². The number of rotatable bonds is 5. The molecule has 0 spiro atoms. The van der Waals surface area contributed by atoms with E-state index in [1.54, 1.807) is 11.8 Å². The Kier molecular flexibility index (Phi) is 5.23. The predicted octanol–water partition coefficient (Wildman–Crippen LogP) is 7.06. The molecule has 4 heteroatoms. The first-order chi connectivity index (χ1) is 12.8. The summed E-state index contributed by atoms with van der Waals surface area (Å²) in [6.45, 7) is 0. The van der Waals surface area contributed by atoms with Gasteiger partial charge in [0.15, 0.2) is 5.76 Å². The molecule has 2 nitrogen and oxygen atoms in total. The molecule has 0 atom stereocenters. The summed E-state index contributed by atoms with van der Waals surface area (Å²) in [6, 6.07) is 28.6. The van der Waals surface area contributed by atoms with Crippen LogP contribution >= 0.6 is 27.7 Å². The maximum absolute atomic E-state index is 6.14. The molecule has 0 aliphatic heterocycles. The van der Waals surface area contributed by atoms with Gasteiger partial charge in [0, 0.05) is 21.4 Å². The first-order valence-electron chi connectivity index (χ1n) is 8.28. The van der Waals surface area contributed by atoms with Crippen molar-refractivity contribution in [1.29, 1.82) is 0 Å². The van der Waals surface area contributed by atoms with Crippen molar-refractivity contribution in [3.05, 3.63) is 95.0 Å². The van der Waals surface area contributed by atoms with Crippen molar-refractivity contribution in [1.82, 2.24) is 4.98 Å². The molecule has 0 aliphatic carbocycles. The first-order valence-corrected chi connectivity index (χ1v) is 10.1. The van der Waals surface area contributed by atoms with Crippen molar-refractivity contribution >= 4 is 27.7 Å². The van der Waals surface area contributed by atoms with Gasteiger partial charge in [0.05, 0.1) is 0 Å². The van der Waals surface area contributed by atoms with Gasteiger partial charge in [-0.3, -0.25) is 0 Å². The van der Waals surface area contributed by atoms with Crippen LogP contribution in [0.25, 0.3) is 22.6 Å². The second kappa shape index (κ2) is 7.94. The van der Waals surface area contributed by atoms with E-state index < -0.39 is 0 Å². The highest BCUT2D eigenvalue weighted by atomic mass is 79.9. The molecule has 0 bridgehead atoms. The number of thioether (sulfide) groups is 1. The molecule has 26 heavy (non-hydrogen) atoms. The van der Waals surface area contributed by atoms with E-state index in [1.807, 2.05) is 36.4 Å². The SMILES string of the molecule is Brc1ccc(CSc2nc(-c3ccccc3)c(-c3ccccc3)o2)cc1. The van der Waals surface area contributed by atoms with Gasteiger partial charge in [0.1, 0.15) is 5.69 Å². The van der Waals surface area contributed by atoms with Crippen LogP contribution in [0.5, 0.6) is 0 Å². The number of hydrogen-bond donors (Lipinski definition) is 0. The largest absolute Gasteiger partial charge is 0.431 e. The smallest absolute Gasteiger partial charge is 0.257 e. The second-order valence-corrected chi connectivity index (χ2v) is 7.65. The van der Waals surface area contributed by atoms with Crippen LogP contribution in [-0.4, -0.2) is 4.98 Å². The van der Waals surface area contributed by atoms with Gasteiger partial charge in [0.25, 0.3) is 5.22 Å². The first kappa shape index (κ1) is 17.1. The van der Waals surface area contributed by atoms with Crippen LogP contribution in [-0.2, 0) is 5.75 Å². The van der Waals surface area contributed by atoms with Crippen LogP contribution in [0, 0.1) is 0 Å². The third-order valence-electron chi connectivity index (χ3n) is 3.97. The predicted molar refractivity (Wildman–Crippen MR) is 111 cm³/mol. The van der Waals surface area contributed by atoms with E-state index in [0.29, 0.717) is 5.22 Å². The number of aromatic nitrogens is 1. The summed E-state index contributed by atoms with van der Waals surface area (Å²) in [6.07, 6.45) is 0. The topological polar surface area (TPSA) is 26.0 Å². The molecule has 0 saturated carbocycles. The van der Waals surface area contributed by atoms with Crippen molar-refractivity contribution < 1.29 is 4.42 Å². The van der Waals surface area contributed by atoms with Crippen LogP contribution in [0.15, 0.2) is 99.0 Å². The quantitative estimate of drug-likeness (QED) is 0.322. The van der Waals surface area contributed by atoms with Gasteiger partial charge in [-0.2, -0.15) is 0 Å². The van der Waals surface area contributed by atoms with Gasteiger partial charge in [-0.05, 0) is 17.7 Å². The molecule has 0 N–H and O–H groups in total. The highest BCUT2D eigenvalue weighted by molar-refractivity contribution is 9.10. The van der Waals surface area contributed by atoms with E-state index >= 15 is 0 Å². The molecule has 0 unspecified atom stereocenters. The van der Waals surface area contributed by atoms with E-state index in [9.17, 15) is 0 Å². The molecule has 1 aromatic heterocycles. The molecule has 0 fully saturated rings. The Morgan fingerprint density at radius 3 is 2.04 bits per heavy atom. The molecule has 0 radical (unpaired) electrons. The number of nitrogens with zero attached hydrogens (tertiary/aromatic N) is 1. The summed E-state index contributed by atoms with van der Waals surface area (Å²) in [4.78, 5) is 4.78. The minimum Gasteiger partial charge on any atom is -0.431 e. The van der Waals surface area contributed by atoms with E-state index in [2.05, 4.69) is 64.5 Å². The van der Waals surface area contributed by atoms with Crippen molar-refractivity contribution in [2.24, 2.45) is 0 Å².